The van der Waals surface area contributed by atoms with Crippen LogP contribution >= 0.6 is 0 Å². The lowest BCUT2D eigenvalue weighted by atomic mass is 9.44. The summed E-state index contributed by atoms with van der Waals surface area (Å²) in [6.45, 7) is 7.94. The van der Waals surface area contributed by atoms with Gasteiger partial charge in [0.1, 0.15) is 5.60 Å². The number of Topliss-reactive ketones (excluding diaryl/α,β-unsaturated/α-hetero) is 1. The highest BCUT2D eigenvalue weighted by atomic mass is 16.3. The molecule has 0 radical (unpaired) electrons. The largest absolute Gasteiger partial charge is 0.393 e. The molecule has 0 amide bonds. The molecule has 0 spiro atoms. The predicted octanol–water partition coefficient (Wildman–Crippen LogP) is 3.06. The number of carbonyl (C=O) groups excluding carboxylic acids is 2. The second kappa shape index (κ2) is 5.51. The number of carbonyl (C=O) groups is 2. The van der Waals surface area contributed by atoms with Crippen LogP contribution in [-0.4, -0.2) is 33.5 Å². The van der Waals surface area contributed by atoms with Crippen molar-refractivity contribution in [2.24, 2.45) is 34.5 Å². The Hall–Kier alpha value is -1.00. The van der Waals surface area contributed by atoms with Gasteiger partial charge in [-0.15, -0.1) is 0 Å². The fourth-order valence-corrected chi connectivity index (χ4v) is 7.70. The zero-order valence-corrected chi connectivity index (χ0v) is 16.4. The van der Waals surface area contributed by atoms with Gasteiger partial charge in [-0.1, -0.05) is 26.3 Å². The maximum absolute atomic E-state index is 12.3. The molecule has 2 N–H and O–H groups in total. The number of hydrogen-bond acceptors (Lipinski definition) is 4. The molecular formula is C22H32O4. The normalized spacial score (nSPS) is 53.4. The van der Waals surface area contributed by atoms with Gasteiger partial charge in [-0.3, -0.25) is 9.59 Å². The van der Waals surface area contributed by atoms with Crippen molar-refractivity contribution in [3.05, 3.63) is 11.6 Å². The molecule has 0 unspecified atom stereocenters. The van der Waals surface area contributed by atoms with Crippen LogP contribution in [0.2, 0.25) is 0 Å². The third kappa shape index (κ3) is 2.09. The van der Waals surface area contributed by atoms with Crippen LogP contribution in [0.15, 0.2) is 11.6 Å². The Labute approximate surface area is 156 Å². The fourth-order valence-electron chi connectivity index (χ4n) is 7.70. The van der Waals surface area contributed by atoms with Gasteiger partial charge >= 0.3 is 0 Å². The lowest BCUT2D eigenvalue weighted by Gasteiger charge is -2.61. The van der Waals surface area contributed by atoms with Gasteiger partial charge in [0.25, 0.3) is 0 Å². The van der Waals surface area contributed by atoms with E-state index in [0.717, 1.165) is 19.3 Å². The molecule has 4 rings (SSSR count). The van der Waals surface area contributed by atoms with Crippen LogP contribution < -0.4 is 0 Å². The number of aliphatic hydroxyl groups is 2. The van der Waals surface area contributed by atoms with Crippen LogP contribution in [0.25, 0.3) is 0 Å². The molecule has 0 heterocycles. The fraction of sp³-hybridized carbons (Fsp3) is 0.818. The minimum absolute atomic E-state index is 0.116. The van der Waals surface area contributed by atoms with Gasteiger partial charge in [-0.2, -0.15) is 0 Å². The number of rotatable bonds is 1. The number of allylic oxidation sites excluding steroid dienone is 1. The van der Waals surface area contributed by atoms with Crippen molar-refractivity contribution >= 4 is 11.6 Å². The highest BCUT2D eigenvalue weighted by Gasteiger charge is 2.68. The van der Waals surface area contributed by atoms with Gasteiger partial charge in [0.2, 0.25) is 0 Å². The summed E-state index contributed by atoms with van der Waals surface area (Å²) in [5.41, 5.74) is -0.792. The molecule has 0 aromatic carbocycles. The van der Waals surface area contributed by atoms with E-state index in [1.807, 2.05) is 13.0 Å². The van der Waals surface area contributed by atoms with Gasteiger partial charge in [-0.25, -0.2) is 0 Å². The van der Waals surface area contributed by atoms with E-state index in [2.05, 4.69) is 13.8 Å². The zero-order chi connectivity index (χ0) is 19.1. The van der Waals surface area contributed by atoms with Crippen LogP contribution in [0.4, 0.5) is 0 Å². The summed E-state index contributed by atoms with van der Waals surface area (Å²) in [5.74, 6) is 1.03. The summed E-state index contributed by atoms with van der Waals surface area (Å²) < 4.78 is 0. The lowest BCUT2D eigenvalue weighted by Crippen LogP contribution is -2.62. The molecule has 0 aromatic heterocycles. The molecule has 3 saturated carbocycles. The Balaban J connectivity index is 1.79. The molecule has 0 aromatic rings. The Morgan fingerprint density at radius 3 is 2.62 bits per heavy atom. The molecule has 0 saturated heterocycles. The average molecular weight is 360 g/mol. The first-order valence-corrected chi connectivity index (χ1v) is 10.2. The Bertz CT molecular complexity index is 696. The van der Waals surface area contributed by atoms with Gasteiger partial charge in [-0.05, 0) is 74.2 Å². The van der Waals surface area contributed by atoms with Gasteiger partial charge in [0.15, 0.2) is 11.6 Å². The first-order chi connectivity index (χ1) is 12.0. The Morgan fingerprint density at radius 1 is 1.27 bits per heavy atom. The Kier molecular flexibility index (Phi) is 3.89. The maximum Gasteiger partial charge on any atom is 0.161 e. The first-order valence-electron chi connectivity index (χ1n) is 10.2. The molecule has 4 heteroatoms. The summed E-state index contributed by atoms with van der Waals surface area (Å²) in [5, 5.41) is 22.5. The molecule has 4 aliphatic rings. The topological polar surface area (TPSA) is 74.6 Å². The summed E-state index contributed by atoms with van der Waals surface area (Å²) in [4.78, 5) is 24.3. The maximum atomic E-state index is 12.3. The van der Waals surface area contributed by atoms with Crippen molar-refractivity contribution in [3.8, 4) is 0 Å². The van der Waals surface area contributed by atoms with Crippen molar-refractivity contribution in [3.63, 3.8) is 0 Å². The van der Waals surface area contributed by atoms with E-state index < -0.39 is 17.1 Å². The van der Waals surface area contributed by atoms with E-state index in [0.29, 0.717) is 31.1 Å². The monoisotopic (exact) mass is 360 g/mol. The van der Waals surface area contributed by atoms with Crippen molar-refractivity contribution in [2.75, 3.05) is 0 Å². The zero-order valence-electron chi connectivity index (χ0n) is 16.4. The van der Waals surface area contributed by atoms with Crippen molar-refractivity contribution in [1.82, 2.24) is 0 Å². The summed E-state index contributed by atoms with van der Waals surface area (Å²) in [6.07, 6.45) is 5.44. The van der Waals surface area contributed by atoms with E-state index in [1.54, 1.807) is 0 Å². The minimum Gasteiger partial charge on any atom is -0.393 e. The first kappa shape index (κ1) is 18.4. The third-order valence-electron chi connectivity index (χ3n) is 8.95. The number of hydrogen-bond donors (Lipinski definition) is 2. The third-order valence-corrected chi connectivity index (χ3v) is 8.95. The molecule has 4 aliphatic carbocycles. The van der Waals surface area contributed by atoms with E-state index in [1.165, 1.54) is 12.5 Å². The molecule has 0 aliphatic heterocycles. The van der Waals surface area contributed by atoms with E-state index >= 15 is 0 Å². The standard InChI is InChI=1S/C22H32O4/c1-12-9-15-16-6-8-22(26,13(2)23)21(16,4)11-18(25)19(15)20(3)7-5-14(24)10-17(12)20/h10,12,15-16,18-19,25-26H,5-9,11H2,1-4H3/t12-,15+,16+,18+,19-,20+,21+,22+/m1/s1. The second-order valence-corrected chi connectivity index (χ2v) is 10.1. The van der Waals surface area contributed by atoms with Crippen molar-refractivity contribution in [1.29, 1.82) is 0 Å². The SMILES string of the molecule is CC(=O)[C@@]1(O)CC[C@H]2[C@@H]3C[C@@H](C)C4=CC(=O)CC[C@]4(C)[C@H]3[C@@H](O)C[C@@]21C. The van der Waals surface area contributed by atoms with Crippen LogP contribution in [-0.2, 0) is 9.59 Å². The molecule has 3 fully saturated rings. The lowest BCUT2D eigenvalue weighted by molar-refractivity contribution is -0.181. The second-order valence-electron chi connectivity index (χ2n) is 10.1. The summed E-state index contributed by atoms with van der Waals surface area (Å²) in [6, 6.07) is 0. The van der Waals surface area contributed by atoms with Crippen molar-refractivity contribution < 1.29 is 19.8 Å². The number of ketones is 2. The van der Waals surface area contributed by atoms with Gasteiger partial charge < -0.3 is 10.2 Å². The molecule has 4 nitrogen and oxygen atoms in total. The average Bonchev–Trinajstić information content (AvgIpc) is 2.81. The van der Waals surface area contributed by atoms with Crippen LogP contribution in [0, 0.1) is 34.5 Å². The molecule has 26 heavy (non-hydrogen) atoms. The molecule has 8 atom stereocenters. The number of aliphatic hydroxyl groups excluding tert-OH is 1. The quantitative estimate of drug-likeness (QED) is 0.754. The Morgan fingerprint density at radius 2 is 1.96 bits per heavy atom. The van der Waals surface area contributed by atoms with Crippen LogP contribution in [0.5, 0.6) is 0 Å². The van der Waals surface area contributed by atoms with Crippen LogP contribution in [0.3, 0.4) is 0 Å². The molecule has 0 bridgehead atoms. The van der Waals surface area contributed by atoms with E-state index in [9.17, 15) is 19.8 Å². The summed E-state index contributed by atoms with van der Waals surface area (Å²) in [7, 11) is 0. The highest BCUT2D eigenvalue weighted by Crippen LogP contribution is 2.68. The highest BCUT2D eigenvalue weighted by molar-refractivity contribution is 5.91. The van der Waals surface area contributed by atoms with E-state index in [-0.39, 0.29) is 28.8 Å². The smallest absolute Gasteiger partial charge is 0.161 e. The van der Waals surface area contributed by atoms with Crippen LogP contribution in [0.1, 0.15) is 66.2 Å². The predicted molar refractivity (Wildman–Crippen MR) is 98.3 cm³/mol. The van der Waals surface area contributed by atoms with Gasteiger partial charge in [0, 0.05) is 11.8 Å². The van der Waals surface area contributed by atoms with E-state index in [4.69, 9.17) is 0 Å². The van der Waals surface area contributed by atoms with Gasteiger partial charge in [0.05, 0.1) is 6.10 Å². The van der Waals surface area contributed by atoms with Crippen molar-refractivity contribution in [2.45, 2.75) is 77.9 Å². The minimum atomic E-state index is -1.31. The molecular weight excluding hydrogens is 328 g/mol. The molecule has 144 valence electrons. The summed E-state index contributed by atoms with van der Waals surface area (Å²) >= 11 is 0. The number of fused-ring (bicyclic) bond motifs is 5.